The highest BCUT2D eigenvalue weighted by Crippen LogP contribution is 2.26. The van der Waals surface area contributed by atoms with Crippen LogP contribution in [-0.2, 0) is 11.3 Å². The minimum absolute atomic E-state index is 0.140. The van der Waals surface area contributed by atoms with Crippen molar-refractivity contribution in [3.63, 3.8) is 0 Å². The lowest BCUT2D eigenvalue weighted by Gasteiger charge is -2.25. The molecular formula is C23H28ClN7O4. The number of ether oxygens (including phenoxy) is 1. The van der Waals surface area contributed by atoms with E-state index in [9.17, 15) is 14.4 Å². The average Bonchev–Trinajstić information content (AvgIpc) is 3.48. The fourth-order valence-corrected chi connectivity index (χ4v) is 3.61. The van der Waals surface area contributed by atoms with E-state index in [1.165, 1.54) is 33.3 Å². The first kappa shape index (κ1) is 24.5. The highest BCUT2D eigenvalue weighted by molar-refractivity contribution is 6.30. The molecule has 0 unspecified atom stereocenters. The summed E-state index contributed by atoms with van der Waals surface area (Å²) in [6.45, 7) is 7.55. The summed E-state index contributed by atoms with van der Waals surface area (Å²) in [7, 11) is 1.53. The first-order valence-corrected chi connectivity index (χ1v) is 11.7. The van der Waals surface area contributed by atoms with Crippen molar-refractivity contribution < 1.29 is 14.3 Å². The van der Waals surface area contributed by atoms with E-state index in [0.717, 1.165) is 12.8 Å². The topological polar surface area (TPSA) is 123 Å². The predicted molar refractivity (Wildman–Crippen MR) is 133 cm³/mol. The zero-order chi connectivity index (χ0) is 25.5. The van der Waals surface area contributed by atoms with Crippen LogP contribution in [0.4, 0.5) is 22.1 Å². The number of amides is 2. The maximum Gasteiger partial charge on any atom is 0.415 e. The summed E-state index contributed by atoms with van der Waals surface area (Å²) in [6.07, 6.45) is 4.18. The van der Waals surface area contributed by atoms with Crippen molar-refractivity contribution in [2.45, 2.75) is 58.7 Å². The average molecular weight is 502 g/mol. The van der Waals surface area contributed by atoms with Gasteiger partial charge in [0.1, 0.15) is 28.5 Å². The van der Waals surface area contributed by atoms with Crippen LogP contribution in [0.2, 0.25) is 5.02 Å². The van der Waals surface area contributed by atoms with Gasteiger partial charge in [0, 0.05) is 31.9 Å². The second-order valence-electron chi connectivity index (χ2n) is 9.37. The van der Waals surface area contributed by atoms with Crippen molar-refractivity contribution in [1.29, 1.82) is 0 Å². The van der Waals surface area contributed by atoms with Crippen molar-refractivity contribution in [1.82, 2.24) is 24.5 Å². The van der Waals surface area contributed by atoms with E-state index >= 15 is 0 Å². The van der Waals surface area contributed by atoms with Crippen molar-refractivity contribution in [2.75, 3.05) is 17.3 Å². The molecule has 11 nitrogen and oxygen atoms in total. The molecule has 3 heterocycles. The van der Waals surface area contributed by atoms with Gasteiger partial charge in [0.2, 0.25) is 0 Å². The van der Waals surface area contributed by atoms with Crippen LogP contribution in [0, 0.1) is 0 Å². The lowest BCUT2D eigenvalue weighted by Crippen LogP contribution is -2.35. The van der Waals surface area contributed by atoms with Gasteiger partial charge in [-0.2, -0.15) is 9.61 Å². The number of hydrogen-bond donors (Lipinski definition) is 2. The van der Waals surface area contributed by atoms with Gasteiger partial charge in [0.15, 0.2) is 5.65 Å². The van der Waals surface area contributed by atoms with Crippen molar-refractivity contribution >= 4 is 46.6 Å². The van der Waals surface area contributed by atoms with Crippen LogP contribution in [0.25, 0.3) is 5.65 Å². The largest absolute Gasteiger partial charge is 0.443 e. The Kier molecular flexibility index (Phi) is 6.46. The zero-order valence-electron chi connectivity index (χ0n) is 20.3. The molecule has 0 aliphatic heterocycles. The van der Waals surface area contributed by atoms with E-state index in [-0.39, 0.29) is 46.0 Å². The molecule has 0 saturated heterocycles. The van der Waals surface area contributed by atoms with E-state index in [1.807, 2.05) is 6.92 Å². The van der Waals surface area contributed by atoms with Crippen LogP contribution < -0.4 is 21.1 Å². The molecule has 3 aromatic heterocycles. The smallest absolute Gasteiger partial charge is 0.415 e. The number of aromatic nitrogens is 4. The van der Waals surface area contributed by atoms with Gasteiger partial charge >= 0.3 is 6.09 Å². The molecule has 35 heavy (non-hydrogen) atoms. The SMILES string of the molecule is CCn1cc(Cl)cc(Nc2cc(N(C)C(=O)OC(C)(C)C)n3ncc(C(=O)NC4CC4)c3n2)c1=O. The fraction of sp³-hybridized carbons (Fsp3) is 0.435. The number of fused-ring (bicyclic) bond motifs is 1. The van der Waals surface area contributed by atoms with Gasteiger partial charge in [-0.15, -0.1) is 0 Å². The Morgan fingerprint density at radius 1 is 1.29 bits per heavy atom. The van der Waals surface area contributed by atoms with Crippen LogP contribution in [0.15, 0.2) is 29.3 Å². The minimum Gasteiger partial charge on any atom is -0.443 e. The Morgan fingerprint density at radius 3 is 2.63 bits per heavy atom. The van der Waals surface area contributed by atoms with Gasteiger partial charge < -0.3 is 19.9 Å². The maximum atomic E-state index is 12.8. The van der Waals surface area contributed by atoms with E-state index in [4.69, 9.17) is 16.3 Å². The molecule has 0 atom stereocenters. The molecule has 4 rings (SSSR count). The Labute approximate surface area is 207 Å². The van der Waals surface area contributed by atoms with E-state index in [1.54, 1.807) is 33.0 Å². The molecule has 0 bridgehead atoms. The molecule has 3 aromatic rings. The van der Waals surface area contributed by atoms with E-state index in [0.29, 0.717) is 11.6 Å². The lowest BCUT2D eigenvalue weighted by atomic mass is 10.2. The number of nitrogens with zero attached hydrogens (tertiary/aromatic N) is 5. The Hall–Kier alpha value is -3.60. The Balaban J connectivity index is 1.81. The molecule has 1 saturated carbocycles. The molecule has 0 aromatic carbocycles. The zero-order valence-corrected chi connectivity index (χ0v) is 21.0. The van der Waals surface area contributed by atoms with Crippen LogP contribution in [0.3, 0.4) is 0 Å². The van der Waals surface area contributed by atoms with Crippen LogP contribution >= 0.6 is 11.6 Å². The monoisotopic (exact) mass is 501 g/mol. The number of anilines is 3. The normalized spacial score (nSPS) is 13.5. The van der Waals surface area contributed by atoms with Gasteiger partial charge in [-0.05, 0) is 46.6 Å². The van der Waals surface area contributed by atoms with Crippen molar-refractivity contribution in [2.24, 2.45) is 0 Å². The number of carbonyl (C=O) groups is 2. The second-order valence-corrected chi connectivity index (χ2v) is 9.80. The third-order valence-corrected chi connectivity index (χ3v) is 5.48. The third kappa shape index (κ3) is 5.40. The quantitative estimate of drug-likeness (QED) is 0.529. The molecule has 1 aliphatic carbocycles. The Morgan fingerprint density at radius 2 is 2.00 bits per heavy atom. The van der Waals surface area contributed by atoms with Gasteiger partial charge in [-0.1, -0.05) is 11.6 Å². The second kappa shape index (κ2) is 9.21. The van der Waals surface area contributed by atoms with E-state index < -0.39 is 11.7 Å². The summed E-state index contributed by atoms with van der Waals surface area (Å²) in [5.41, 5.74) is -0.344. The van der Waals surface area contributed by atoms with Gasteiger partial charge in [0.25, 0.3) is 11.5 Å². The number of hydrogen-bond acceptors (Lipinski definition) is 7. The number of halogens is 1. The fourth-order valence-electron chi connectivity index (χ4n) is 3.39. The van der Waals surface area contributed by atoms with Gasteiger partial charge in [-0.25, -0.2) is 9.78 Å². The number of rotatable bonds is 6. The number of aryl methyl sites for hydroxylation is 1. The first-order chi connectivity index (χ1) is 16.5. The maximum absolute atomic E-state index is 12.8. The molecule has 0 spiro atoms. The molecule has 186 valence electrons. The van der Waals surface area contributed by atoms with Crippen LogP contribution in [0.1, 0.15) is 50.9 Å². The Bertz CT molecular complexity index is 1350. The van der Waals surface area contributed by atoms with Crippen LogP contribution in [0.5, 0.6) is 0 Å². The minimum atomic E-state index is -0.718. The number of carbonyl (C=O) groups excluding carboxylic acids is 2. The lowest BCUT2D eigenvalue weighted by molar-refractivity contribution is 0.0587. The van der Waals surface area contributed by atoms with E-state index in [2.05, 4.69) is 20.7 Å². The highest BCUT2D eigenvalue weighted by atomic mass is 35.5. The summed E-state index contributed by atoms with van der Waals surface area (Å²) in [5, 5.41) is 10.6. The molecule has 2 N–H and O–H groups in total. The molecule has 1 fully saturated rings. The summed E-state index contributed by atoms with van der Waals surface area (Å²) in [6, 6.07) is 3.18. The summed E-state index contributed by atoms with van der Waals surface area (Å²) in [4.78, 5) is 44.3. The summed E-state index contributed by atoms with van der Waals surface area (Å²) >= 11 is 6.19. The first-order valence-electron chi connectivity index (χ1n) is 11.3. The van der Waals surface area contributed by atoms with Crippen LogP contribution in [-0.4, -0.2) is 49.9 Å². The van der Waals surface area contributed by atoms with Crippen molar-refractivity contribution in [3.05, 3.63) is 45.5 Å². The predicted octanol–water partition coefficient (Wildman–Crippen LogP) is 3.57. The summed E-state index contributed by atoms with van der Waals surface area (Å²) < 4.78 is 8.35. The van der Waals surface area contributed by atoms with Gasteiger partial charge in [0.05, 0.1) is 11.2 Å². The molecule has 0 radical (unpaired) electrons. The third-order valence-electron chi connectivity index (χ3n) is 5.28. The van der Waals surface area contributed by atoms with Crippen molar-refractivity contribution in [3.8, 4) is 0 Å². The standard InChI is InChI=1S/C23H28ClN7O4/c1-6-30-12-13(24)9-16(21(30)33)27-17-10-18(29(5)22(34)35-23(2,3)4)31-19(28-17)15(11-25-31)20(32)26-14-7-8-14/h9-12,14H,6-8H2,1-5H3,(H,26,32)(H,27,28). The molecule has 1 aliphatic rings. The molecule has 2 amide bonds. The summed E-state index contributed by atoms with van der Waals surface area (Å²) in [5.74, 6) is 0.204. The number of nitrogens with one attached hydrogen (secondary N) is 2. The van der Waals surface area contributed by atoms with Gasteiger partial charge in [-0.3, -0.25) is 14.5 Å². The number of pyridine rings is 1. The highest BCUT2D eigenvalue weighted by Gasteiger charge is 2.28. The molecular weight excluding hydrogens is 474 g/mol. The molecule has 12 heteroatoms.